The van der Waals surface area contributed by atoms with Crippen molar-refractivity contribution in [1.29, 1.82) is 0 Å². The highest BCUT2D eigenvalue weighted by molar-refractivity contribution is 8.00. The molecule has 1 aromatic heterocycles. The lowest BCUT2D eigenvalue weighted by Crippen LogP contribution is -2.55. The third-order valence-electron chi connectivity index (χ3n) is 7.22. The Morgan fingerprint density at radius 3 is 2.21 bits per heavy atom. The number of anilines is 1. The average molecular weight is 559 g/mol. The number of amides is 2. The number of rotatable bonds is 8. The molecule has 1 atom stereocenters. The first kappa shape index (κ1) is 26.9. The van der Waals surface area contributed by atoms with Crippen LogP contribution in [0.15, 0.2) is 78.9 Å². The minimum Gasteiger partial charge on any atom is -0.448 e. The van der Waals surface area contributed by atoms with Crippen molar-refractivity contribution in [2.45, 2.75) is 30.6 Å². The smallest absolute Gasteiger partial charge is 0.410 e. The Balaban J connectivity index is 1.34. The standard InChI is InChI=1S/C30H30N4O3S2/c1-30(2,38-4)26(27(35)31-28-25(32-33-39-28)19-12-6-5-7-13-19)34(3)29(36)37-18-24-22-16-10-8-14-20(22)21-15-9-11-17-23(21)24/h5-17,24,26H,18H2,1-4H3,(H,31,35)/t26-/m1/s1. The first-order valence-electron chi connectivity index (χ1n) is 12.6. The minimum absolute atomic E-state index is 0.0627. The van der Waals surface area contributed by atoms with E-state index >= 15 is 0 Å². The highest BCUT2D eigenvalue weighted by Gasteiger charge is 2.41. The molecule has 0 aliphatic heterocycles. The number of nitrogens with one attached hydrogen (secondary N) is 1. The SMILES string of the molecule is CSC(C)(C)[C@@H](C(=O)Nc1snnc1-c1ccccc1)N(C)C(=O)OCC1c2ccccc2-c2ccccc21. The number of thioether (sulfide) groups is 1. The normalized spacial score (nSPS) is 13.3. The molecule has 2 amide bonds. The topological polar surface area (TPSA) is 84.4 Å². The first-order valence-corrected chi connectivity index (χ1v) is 14.6. The van der Waals surface area contributed by atoms with Crippen LogP contribution in [0.2, 0.25) is 0 Å². The van der Waals surface area contributed by atoms with Crippen LogP contribution in [0.25, 0.3) is 22.4 Å². The predicted octanol–water partition coefficient (Wildman–Crippen LogP) is 6.53. The number of nitrogens with zero attached hydrogens (tertiary/aromatic N) is 3. The zero-order valence-corrected chi connectivity index (χ0v) is 23.9. The summed E-state index contributed by atoms with van der Waals surface area (Å²) < 4.78 is 9.32. The number of likely N-dealkylation sites (N-methyl/N-ethyl adjacent to an activating group) is 1. The first-order chi connectivity index (χ1) is 18.8. The quantitative estimate of drug-likeness (QED) is 0.265. The van der Waals surface area contributed by atoms with Gasteiger partial charge in [0.05, 0.1) is 0 Å². The number of carbonyl (C=O) groups excluding carboxylic acids is 2. The lowest BCUT2D eigenvalue weighted by atomic mass is 9.98. The van der Waals surface area contributed by atoms with Crippen molar-refractivity contribution < 1.29 is 14.3 Å². The molecule has 0 radical (unpaired) electrons. The Bertz CT molecular complexity index is 1440. The van der Waals surface area contributed by atoms with Crippen molar-refractivity contribution in [3.63, 3.8) is 0 Å². The second kappa shape index (κ2) is 11.2. The van der Waals surface area contributed by atoms with Gasteiger partial charge < -0.3 is 10.1 Å². The van der Waals surface area contributed by atoms with Crippen LogP contribution in [0, 0.1) is 0 Å². The zero-order chi connectivity index (χ0) is 27.6. The largest absolute Gasteiger partial charge is 0.448 e. The fourth-order valence-corrected chi connectivity index (χ4v) is 6.19. The maximum atomic E-state index is 13.7. The van der Waals surface area contributed by atoms with Gasteiger partial charge in [0.25, 0.3) is 0 Å². The number of fused-ring (bicyclic) bond motifs is 3. The molecule has 39 heavy (non-hydrogen) atoms. The summed E-state index contributed by atoms with van der Waals surface area (Å²) in [7, 11) is 1.62. The maximum absolute atomic E-state index is 13.7. The molecule has 7 nitrogen and oxygen atoms in total. The number of ether oxygens (including phenoxy) is 1. The van der Waals surface area contributed by atoms with Crippen LogP contribution in [-0.2, 0) is 9.53 Å². The minimum atomic E-state index is -0.811. The van der Waals surface area contributed by atoms with Gasteiger partial charge >= 0.3 is 6.09 Å². The van der Waals surface area contributed by atoms with E-state index in [0.717, 1.165) is 39.3 Å². The van der Waals surface area contributed by atoms with Gasteiger partial charge in [-0.3, -0.25) is 9.69 Å². The van der Waals surface area contributed by atoms with E-state index < -0.39 is 16.9 Å². The molecule has 200 valence electrons. The molecule has 1 heterocycles. The highest BCUT2D eigenvalue weighted by atomic mass is 32.2. The van der Waals surface area contributed by atoms with Gasteiger partial charge in [0.2, 0.25) is 5.91 Å². The van der Waals surface area contributed by atoms with Crippen LogP contribution in [-0.4, -0.2) is 57.2 Å². The third kappa shape index (κ3) is 5.29. The molecule has 1 N–H and O–H groups in total. The molecule has 5 rings (SSSR count). The van der Waals surface area contributed by atoms with Crippen LogP contribution < -0.4 is 5.32 Å². The summed E-state index contributed by atoms with van der Waals surface area (Å²) in [5, 5.41) is 7.73. The van der Waals surface area contributed by atoms with Crippen LogP contribution >= 0.6 is 23.3 Å². The monoisotopic (exact) mass is 558 g/mol. The Hall–Kier alpha value is -3.69. The van der Waals surface area contributed by atoms with Crippen molar-refractivity contribution in [1.82, 2.24) is 14.5 Å². The molecule has 3 aromatic carbocycles. The molecule has 1 aliphatic carbocycles. The van der Waals surface area contributed by atoms with Gasteiger partial charge in [-0.25, -0.2) is 4.79 Å². The molecule has 1 aliphatic rings. The van der Waals surface area contributed by atoms with Crippen LogP contribution in [0.3, 0.4) is 0 Å². The molecule has 0 spiro atoms. The molecule has 4 aromatic rings. The summed E-state index contributed by atoms with van der Waals surface area (Å²) in [6.45, 7) is 4.07. The van der Waals surface area contributed by atoms with Crippen molar-refractivity contribution in [3.05, 3.63) is 90.0 Å². The average Bonchev–Trinajstić information content (AvgIpc) is 3.54. The van der Waals surface area contributed by atoms with E-state index in [1.54, 1.807) is 7.05 Å². The van der Waals surface area contributed by atoms with Gasteiger partial charge in [-0.15, -0.1) is 5.10 Å². The number of hydrogen-bond acceptors (Lipinski definition) is 7. The fourth-order valence-electron chi connectivity index (χ4n) is 5.11. The van der Waals surface area contributed by atoms with E-state index in [1.807, 2.05) is 74.7 Å². The van der Waals surface area contributed by atoms with Gasteiger partial charge in [0.15, 0.2) is 0 Å². The Labute approximate surface area is 236 Å². The van der Waals surface area contributed by atoms with E-state index in [0.29, 0.717) is 10.7 Å². The van der Waals surface area contributed by atoms with Crippen LogP contribution in [0.4, 0.5) is 9.80 Å². The molecular weight excluding hydrogens is 528 g/mol. The second-order valence-electron chi connectivity index (χ2n) is 9.93. The lowest BCUT2D eigenvalue weighted by molar-refractivity contribution is -0.121. The number of hydrogen-bond donors (Lipinski definition) is 1. The van der Waals surface area contributed by atoms with Crippen molar-refractivity contribution >= 4 is 40.3 Å². The van der Waals surface area contributed by atoms with Crippen molar-refractivity contribution in [3.8, 4) is 22.4 Å². The predicted molar refractivity (Wildman–Crippen MR) is 158 cm³/mol. The lowest BCUT2D eigenvalue weighted by Gasteiger charge is -2.37. The maximum Gasteiger partial charge on any atom is 0.410 e. The number of benzene rings is 3. The van der Waals surface area contributed by atoms with Gasteiger partial charge in [0, 0.05) is 34.8 Å². The van der Waals surface area contributed by atoms with Gasteiger partial charge in [-0.1, -0.05) is 83.4 Å². The van der Waals surface area contributed by atoms with Crippen molar-refractivity contribution in [2.75, 3.05) is 25.2 Å². The van der Waals surface area contributed by atoms with Gasteiger partial charge in [-0.05, 0) is 42.4 Å². The van der Waals surface area contributed by atoms with E-state index in [4.69, 9.17) is 4.74 Å². The van der Waals surface area contributed by atoms with Gasteiger partial charge in [-0.2, -0.15) is 11.8 Å². The Morgan fingerprint density at radius 1 is 1.00 bits per heavy atom. The summed E-state index contributed by atoms with van der Waals surface area (Å²) in [5.74, 6) is -0.388. The van der Waals surface area contributed by atoms with Gasteiger partial charge in [0.1, 0.15) is 23.3 Å². The van der Waals surface area contributed by atoms with Crippen molar-refractivity contribution in [2.24, 2.45) is 0 Å². The van der Waals surface area contributed by atoms with E-state index in [1.165, 1.54) is 16.7 Å². The molecule has 9 heteroatoms. The van der Waals surface area contributed by atoms with E-state index in [-0.39, 0.29) is 18.4 Å². The van der Waals surface area contributed by atoms with E-state index in [9.17, 15) is 9.59 Å². The molecule has 0 bridgehead atoms. The second-order valence-corrected chi connectivity index (χ2v) is 12.1. The summed E-state index contributed by atoms with van der Waals surface area (Å²) in [6, 6.07) is 25.2. The number of aromatic nitrogens is 2. The zero-order valence-electron chi connectivity index (χ0n) is 22.3. The summed E-state index contributed by atoms with van der Waals surface area (Å²) in [6.07, 6.45) is 1.38. The van der Waals surface area contributed by atoms with Crippen LogP contribution in [0.5, 0.6) is 0 Å². The molecule has 0 saturated carbocycles. The van der Waals surface area contributed by atoms with Crippen LogP contribution in [0.1, 0.15) is 30.9 Å². The summed E-state index contributed by atoms with van der Waals surface area (Å²) in [5.41, 5.74) is 6.05. The van der Waals surface area contributed by atoms with E-state index in [2.05, 4.69) is 39.2 Å². The fraction of sp³-hybridized carbons (Fsp3) is 0.267. The highest BCUT2D eigenvalue weighted by Crippen LogP contribution is 2.44. The summed E-state index contributed by atoms with van der Waals surface area (Å²) in [4.78, 5) is 28.5. The summed E-state index contributed by atoms with van der Waals surface area (Å²) >= 11 is 2.62. The molecule has 0 unspecified atom stereocenters. The molecule has 0 saturated heterocycles. The number of carbonyl (C=O) groups is 2. The molecule has 0 fully saturated rings. The molecular formula is C30H30N4O3S2. The Morgan fingerprint density at radius 2 is 1.59 bits per heavy atom. The third-order valence-corrected chi connectivity index (χ3v) is 9.13. The Kier molecular flexibility index (Phi) is 7.72.